The molecule has 0 spiro atoms. The third-order valence-corrected chi connectivity index (χ3v) is 2.81. The number of H-pyrrole nitrogens is 1. The largest absolute Gasteiger partial charge is 0.478 e. The summed E-state index contributed by atoms with van der Waals surface area (Å²) in [4.78, 5) is 4.39. The van der Waals surface area contributed by atoms with Gasteiger partial charge >= 0.3 is 0 Å². The molecule has 1 atom stereocenters. The zero-order chi connectivity index (χ0) is 11.7. The summed E-state index contributed by atoms with van der Waals surface area (Å²) in [5, 5.41) is 10.4. The second-order valence-electron chi connectivity index (χ2n) is 3.98. The molecular formula is C12H14N4O. The van der Waals surface area contributed by atoms with Gasteiger partial charge in [-0.15, -0.1) is 0 Å². The summed E-state index contributed by atoms with van der Waals surface area (Å²) in [6, 6.07) is 7.89. The van der Waals surface area contributed by atoms with E-state index in [1.54, 1.807) is 0 Å². The first-order chi connectivity index (χ1) is 8.36. The maximum Gasteiger partial charge on any atom is 0.193 e. The molecule has 0 aliphatic carbocycles. The van der Waals surface area contributed by atoms with Crippen molar-refractivity contribution >= 4 is 5.69 Å². The number of aryl methyl sites for hydroxylation is 1. The summed E-state index contributed by atoms with van der Waals surface area (Å²) in [7, 11) is 0. The van der Waals surface area contributed by atoms with Crippen LogP contribution in [0.3, 0.4) is 0 Å². The number of ether oxygens (including phenoxy) is 1. The maximum absolute atomic E-state index is 5.87. The minimum atomic E-state index is -0.124. The van der Waals surface area contributed by atoms with Crippen LogP contribution in [-0.2, 0) is 6.42 Å². The van der Waals surface area contributed by atoms with Crippen LogP contribution >= 0.6 is 0 Å². The van der Waals surface area contributed by atoms with Crippen LogP contribution in [0.1, 0.15) is 24.7 Å². The summed E-state index contributed by atoms with van der Waals surface area (Å²) in [5.74, 6) is 2.46. The first kappa shape index (κ1) is 10.1. The Morgan fingerprint density at radius 3 is 3.12 bits per heavy atom. The molecule has 0 fully saturated rings. The van der Waals surface area contributed by atoms with Crippen molar-refractivity contribution in [2.45, 2.75) is 19.4 Å². The zero-order valence-electron chi connectivity index (χ0n) is 9.60. The molecule has 2 heterocycles. The Morgan fingerprint density at radius 2 is 2.29 bits per heavy atom. The molecule has 0 saturated carbocycles. The Bertz CT molecular complexity index is 523. The van der Waals surface area contributed by atoms with E-state index in [2.05, 4.69) is 20.5 Å². The van der Waals surface area contributed by atoms with E-state index in [0.29, 0.717) is 12.4 Å². The summed E-state index contributed by atoms with van der Waals surface area (Å²) >= 11 is 0. The average Bonchev–Trinajstić information content (AvgIpc) is 2.87. The van der Waals surface area contributed by atoms with Crippen LogP contribution in [0.5, 0.6) is 5.75 Å². The number of hydrogen-bond acceptors (Lipinski definition) is 4. The number of fused-ring (bicyclic) bond motifs is 1. The van der Waals surface area contributed by atoms with Crippen LogP contribution in [0.2, 0.25) is 0 Å². The highest BCUT2D eigenvalue weighted by molar-refractivity contribution is 5.57. The van der Waals surface area contributed by atoms with Crippen LogP contribution in [0.15, 0.2) is 24.3 Å². The van der Waals surface area contributed by atoms with Gasteiger partial charge in [0, 0.05) is 6.42 Å². The number of para-hydroxylation sites is 2. The van der Waals surface area contributed by atoms with Gasteiger partial charge in [0.1, 0.15) is 11.6 Å². The third-order valence-electron chi connectivity index (χ3n) is 2.81. The highest BCUT2D eigenvalue weighted by atomic mass is 16.5. The Hall–Kier alpha value is -2.04. The van der Waals surface area contributed by atoms with Gasteiger partial charge in [-0.2, -0.15) is 5.10 Å². The molecule has 2 N–H and O–H groups in total. The van der Waals surface area contributed by atoms with Gasteiger partial charge in [-0.05, 0) is 12.1 Å². The molecule has 5 nitrogen and oxygen atoms in total. The van der Waals surface area contributed by atoms with Crippen molar-refractivity contribution in [2.75, 3.05) is 11.9 Å². The van der Waals surface area contributed by atoms with E-state index in [0.717, 1.165) is 23.7 Å². The fraction of sp³-hybridized carbons (Fsp3) is 0.333. The molecule has 1 unspecified atom stereocenters. The van der Waals surface area contributed by atoms with E-state index in [-0.39, 0.29) is 6.10 Å². The predicted octanol–water partition coefficient (Wildman–Crippen LogP) is 1.91. The van der Waals surface area contributed by atoms with Crippen LogP contribution in [0.25, 0.3) is 0 Å². The Kier molecular flexibility index (Phi) is 2.44. The molecule has 88 valence electrons. The minimum absolute atomic E-state index is 0.124. The Labute approximate surface area is 99.2 Å². The first-order valence-corrected chi connectivity index (χ1v) is 5.77. The van der Waals surface area contributed by atoms with Gasteiger partial charge in [0.25, 0.3) is 0 Å². The highest BCUT2D eigenvalue weighted by Crippen LogP contribution is 2.32. The molecule has 1 aromatic carbocycles. The van der Waals surface area contributed by atoms with Gasteiger partial charge in [-0.3, -0.25) is 5.10 Å². The summed E-state index contributed by atoms with van der Waals surface area (Å²) < 4.78 is 5.87. The van der Waals surface area contributed by atoms with Gasteiger partial charge in [0.2, 0.25) is 0 Å². The van der Waals surface area contributed by atoms with E-state index < -0.39 is 0 Å². The van der Waals surface area contributed by atoms with Gasteiger partial charge < -0.3 is 10.1 Å². The van der Waals surface area contributed by atoms with Crippen LogP contribution in [-0.4, -0.2) is 21.7 Å². The Balaban J connectivity index is 1.84. The van der Waals surface area contributed by atoms with Gasteiger partial charge in [-0.25, -0.2) is 4.98 Å². The molecule has 3 rings (SSSR count). The lowest BCUT2D eigenvalue weighted by Gasteiger charge is -2.25. The SMILES string of the molecule is CCc1nc(C2CNc3ccccc3O2)n[nH]1. The lowest BCUT2D eigenvalue weighted by molar-refractivity contribution is 0.201. The molecule has 1 aromatic heterocycles. The number of hydrogen-bond donors (Lipinski definition) is 2. The van der Waals surface area contributed by atoms with E-state index in [9.17, 15) is 0 Å². The fourth-order valence-electron chi connectivity index (χ4n) is 1.87. The van der Waals surface area contributed by atoms with Crippen molar-refractivity contribution in [1.82, 2.24) is 15.2 Å². The Morgan fingerprint density at radius 1 is 1.41 bits per heavy atom. The standard InChI is InChI=1S/C12H14N4O/c1-2-11-14-12(16-15-11)10-7-13-8-5-3-4-6-9(8)17-10/h3-6,10,13H,2,7H2,1H3,(H,14,15,16). The van der Waals surface area contributed by atoms with Crippen molar-refractivity contribution < 1.29 is 4.74 Å². The van der Waals surface area contributed by atoms with Gasteiger partial charge in [-0.1, -0.05) is 19.1 Å². The number of nitrogens with one attached hydrogen (secondary N) is 2. The normalized spacial score (nSPS) is 18.1. The molecule has 17 heavy (non-hydrogen) atoms. The van der Waals surface area contributed by atoms with Crippen LogP contribution < -0.4 is 10.1 Å². The molecule has 2 aromatic rings. The summed E-state index contributed by atoms with van der Waals surface area (Å²) in [6.07, 6.45) is 0.727. The van der Waals surface area contributed by atoms with Crippen molar-refractivity contribution in [2.24, 2.45) is 0 Å². The lowest BCUT2D eigenvalue weighted by atomic mass is 10.2. The van der Waals surface area contributed by atoms with Crippen molar-refractivity contribution in [3.8, 4) is 5.75 Å². The molecule has 0 radical (unpaired) electrons. The third kappa shape index (κ3) is 1.84. The quantitative estimate of drug-likeness (QED) is 0.827. The molecule has 0 bridgehead atoms. The van der Waals surface area contributed by atoms with E-state index in [4.69, 9.17) is 4.74 Å². The van der Waals surface area contributed by atoms with Crippen molar-refractivity contribution in [3.05, 3.63) is 35.9 Å². The molecular weight excluding hydrogens is 216 g/mol. The number of benzene rings is 1. The zero-order valence-corrected chi connectivity index (χ0v) is 9.60. The average molecular weight is 230 g/mol. The second-order valence-corrected chi connectivity index (χ2v) is 3.98. The molecule has 0 saturated heterocycles. The van der Waals surface area contributed by atoms with Gasteiger partial charge in [0.05, 0.1) is 12.2 Å². The van der Waals surface area contributed by atoms with E-state index in [1.807, 2.05) is 31.2 Å². The topological polar surface area (TPSA) is 62.8 Å². The van der Waals surface area contributed by atoms with Crippen molar-refractivity contribution in [3.63, 3.8) is 0 Å². The monoisotopic (exact) mass is 230 g/mol. The molecule has 1 aliphatic heterocycles. The number of aromatic amines is 1. The maximum atomic E-state index is 5.87. The highest BCUT2D eigenvalue weighted by Gasteiger charge is 2.23. The number of nitrogens with zero attached hydrogens (tertiary/aromatic N) is 2. The number of rotatable bonds is 2. The number of anilines is 1. The van der Waals surface area contributed by atoms with E-state index >= 15 is 0 Å². The summed E-state index contributed by atoms with van der Waals surface area (Å²) in [6.45, 7) is 2.73. The van der Waals surface area contributed by atoms with Crippen molar-refractivity contribution in [1.29, 1.82) is 0 Å². The lowest BCUT2D eigenvalue weighted by Crippen LogP contribution is -2.24. The van der Waals surface area contributed by atoms with Gasteiger partial charge in [0.15, 0.2) is 11.9 Å². The summed E-state index contributed by atoms with van der Waals surface area (Å²) in [5.41, 5.74) is 1.02. The molecule has 5 heteroatoms. The fourth-order valence-corrected chi connectivity index (χ4v) is 1.87. The first-order valence-electron chi connectivity index (χ1n) is 5.77. The number of aromatic nitrogens is 3. The van der Waals surface area contributed by atoms with Crippen LogP contribution in [0, 0.1) is 0 Å². The molecule has 0 amide bonds. The minimum Gasteiger partial charge on any atom is -0.478 e. The smallest absolute Gasteiger partial charge is 0.193 e. The van der Waals surface area contributed by atoms with Crippen LogP contribution in [0.4, 0.5) is 5.69 Å². The van der Waals surface area contributed by atoms with E-state index in [1.165, 1.54) is 0 Å². The predicted molar refractivity (Wildman–Crippen MR) is 64.1 cm³/mol. The second kappa shape index (κ2) is 4.08. The molecule has 1 aliphatic rings.